The quantitative estimate of drug-likeness (QED) is 0.582. The minimum absolute atomic E-state index is 0.396. The molecule has 1 saturated heterocycles. The van der Waals surface area contributed by atoms with E-state index in [1.807, 2.05) is 0 Å². The molecule has 0 bridgehead atoms. The van der Waals surface area contributed by atoms with Crippen LogP contribution < -0.4 is 10.6 Å². The SMILES string of the molecule is CCC1NCCC(C)C(=S)N1. The summed E-state index contributed by atoms with van der Waals surface area (Å²) < 4.78 is 0. The maximum Gasteiger partial charge on any atom is 0.0794 e. The third-order valence-corrected chi connectivity index (χ3v) is 2.66. The zero-order valence-corrected chi connectivity index (χ0v) is 8.00. The van der Waals surface area contributed by atoms with E-state index >= 15 is 0 Å². The van der Waals surface area contributed by atoms with Crippen LogP contribution in [-0.4, -0.2) is 17.7 Å². The minimum Gasteiger partial charge on any atom is -0.364 e. The summed E-state index contributed by atoms with van der Waals surface area (Å²) in [6.07, 6.45) is 2.64. The van der Waals surface area contributed by atoms with Crippen molar-refractivity contribution < 1.29 is 0 Å². The molecule has 1 rings (SSSR count). The monoisotopic (exact) mass is 172 g/mol. The van der Waals surface area contributed by atoms with Crippen molar-refractivity contribution in [3.05, 3.63) is 0 Å². The van der Waals surface area contributed by atoms with Crippen LogP contribution in [0.5, 0.6) is 0 Å². The molecule has 1 heterocycles. The molecule has 0 spiro atoms. The second kappa shape index (κ2) is 4.02. The van der Waals surface area contributed by atoms with Gasteiger partial charge in [-0.05, 0) is 19.4 Å². The van der Waals surface area contributed by atoms with Crippen LogP contribution in [0.25, 0.3) is 0 Å². The van der Waals surface area contributed by atoms with Crippen molar-refractivity contribution in [2.24, 2.45) is 5.92 Å². The fraction of sp³-hybridized carbons (Fsp3) is 0.875. The van der Waals surface area contributed by atoms with Gasteiger partial charge in [0.2, 0.25) is 0 Å². The topological polar surface area (TPSA) is 24.1 Å². The van der Waals surface area contributed by atoms with E-state index in [9.17, 15) is 0 Å². The highest BCUT2D eigenvalue weighted by molar-refractivity contribution is 7.80. The summed E-state index contributed by atoms with van der Waals surface area (Å²) in [6, 6.07) is 0. The molecule has 2 nitrogen and oxygen atoms in total. The molecule has 2 N–H and O–H groups in total. The van der Waals surface area contributed by atoms with E-state index in [0.717, 1.165) is 24.4 Å². The van der Waals surface area contributed by atoms with Crippen LogP contribution in [0.1, 0.15) is 26.7 Å². The van der Waals surface area contributed by atoms with Crippen molar-refractivity contribution in [2.75, 3.05) is 6.54 Å². The summed E-state index contributed by atoms with van der Waals surface area (Å²) >= 11 is 5.21. The first-order chi connectivity index (χ1) is 5.24. The van der Waals surface area contributed by atoms with Gasteiger partial charge >= 0.3 is 0 Å². The first-order valence-corrected chi connectivity index (χ1v) is 4.68. The molecule has 64 valence electrons. The zero-order chi connectivity index (χ0) is 8.27. The van der Waals surface area contributed by atoms with Crippen LogP contribution in [0, 0.1) is 5.92 Å². The number of thiocarbonyl (C=S) groups is 1. The van der Waals surface area contributed by atoms with Crippen LogP contribution in [0.15, 0.2) is 0 Å². The van der Waals surface area contributed by atoms with E-state index in [2.05, 4.69) is 24.5 Å². The predicted octanol–water partition coefficient (Wildman–Crippen LogP) is 1.27. The summed E-state index contributed by atoms with van der Waals surface area (Å²) in [5.41, 5.74) is 0. The number of hydrogen-bond acceptors (Lipinski definition) is 2. The van der Waals surface area contributed by atoms with Gasteiger partial charge in [-0.25, -0.2) is 0 Å². The molecule has 1 aliphatic rings. The number of nitrogens with one attached hydrogen (secondary N) is 2. The van der Waals surface area contributed by atoms with Gasteiger partial charge in [-0.1, -0.05) is 26.1 Å². The summed E-state index contributed by atoms with van der Waals surface area (Å²) in [6.45, 7) is 5.41. The molecule has 0 aromatic rings. The summed E-state index contributed by atoms with van der Waals surface area (Å²) in [7, 11) is 0. The first kappa shape index (κ1) is 8.94. The van der Waals surface area contributed by atoms with Crippen molar-refractivity contribution in [1.82, 2.24) is 10.6 Å². The second-order valence-corrected chi connectivity index (χ2v) is 3.55. The van der Waals surface area contributed by atoms with Crippen molar-refractivity contribution >= 4 is 17.2 Å². The van der Waals surface area contributed by atoms with Crippen molar-refractivity contribution in [3.63, 3.8) is 0 Å². The van der Waals surface area contributed by atoms with Gasteiger partial charge in [-0.2, -0.15) is 0 Å². The van der Waals surface area contributed by atoms with E-state index in [0.29, 0.717) is 12.1 Å². The van der Waals surface area contributed by atoms with Crippen LogP contribution in [0.2, 0.25) is 0 Å². The fourth-order valence-electron chi connectivity index (χ4n) is 1.22. The molecule has 0 amide bonds. The Labute approximate surface area is 73.7 Å². The Balaban J connectivity index is 2.48. The summed E-state index contributed by atoms with van der Waals surface area (Å²) in [4.78, 5) is 1.02. The Morgan fingerprint density at radius 3 is 3.00 bits per heavy atom. The Bertz CT molecular complexity index is 147. The molecule has 0 aromatic heterocycles. The van der Waals surface area contributed by atoms with Gasteiger partial charge in [-0.3, -0.25) is 5.32 Å². The van der Waals surface area contributed by atoms with Crippen molar-refractivity contribution in [3.8, 4) is 0 Å². The van der Waals surface area contributed by atoms with Crippen LogP contribution in [0.4, 0.5) is 0 Å². The molecule has 0 aromatic carbocycles. The average molecular weight is 172 g/mol. The van der Waals surface area contributed by atoms with E-state index in [1.165, 1.54) is 0 Å². The van der Waals surface area contributed by atoms with E-state index < -0.39 is 0 Å². The normalized spacial score (nSPS) is 32.7. The highest BCUT2D eigenvalue weighted by Gasteiger charge is 2.16. The molecular weight excluding hydrogens is 156 g/mol. The van der Waals surface area contributed by atoms with Gasteiger partial charge in [0.15, 0.2) is 0 Å². The lowest BCUT2D eigenvalue weighted by atomic mass is 10.1. The lowest BCUT2D eigenvalue weighted by molar-refractivity contribution is 0.485. The Morgan fingerprint density at radius 2 is 2.36 bits per heavy atom. The Morgan fingerprint density at radius 1 is 1.64 bits per heavy atom. The smallest absolute Gasteiger partial charge is 0.0794 e. The summed E-state index contributed by atoms with van der Waals surface area (Å²) in [5.74, 6) is 0.536. The van der Waals surface area contributed by atoms with Crippen LogP contribution >= 0.6 is 12.2 Å². The van der Waals surface area contributed by atoms with E-state index in [-0.39, 0.29) is 0 Å². The van der Waals surface area contributed by atoms with Gasteiger partial charge in [-0.15, -0.1) is 0 Å². The number of hydrogen-bond donors (Lipinski definition) is 2. The lowest BCUT2D eigenvalue weighted by Gasteiger charge is -2.16. The third-order valence-electron chi connectivity index (χ3n) is 2.14. The maximum absolute atomic E-state index is 5.21. The van der Waals surface area contributed by atoms with E-state index in [1.54, 1.807) is 0 Å². The van der Waals surface area contributed by atoms with Crippen molar-refractivity contribution in [2.45, 2.75) is 32.9 Å². The lowest BCUT2D eigenvalue weighted by Crippen LogP contribution is -2.42. The Kier molecular flexibility index (Phi) is 3.27. The average Bonchev–Trinajstić information content (AvgIpc) is 2.15. The molecule has 3 heteroatoms. The molecule has 0 saturated carbocycles. The molecule has 1 fully saturated rings. The first-order valence-electron chi connectivity index (χ1n) is 4.27. The van der Waals surface area contributed by atoms with Gasteiger partial charge in [0, 0.05) is 5.92 Å². The molecule has 0 radical (unpaired) electrons. The summed E-state index contributed by atoms with van der Waals surface area (Å²) in [5, 5.41) is 6.69. The zero-order valence-electron chi connectivity index (χ0n) is 7.18. The minimum atomic E-state index is 0.396. The molecule has 0 aliphatic carbocycles. The van der Waals surface area contributed by atoms with Gasteiger partial charge < -0.3 is 5.32 Å². The third kappa shape index (κ3) is 2.42. The van der Waals surface area contributed by atoms with Crippen molar-refractivity contribution in [1.29, 1.82) is 0 Å². The predicted molar refractivity (Wildman–Crippen MR) is 51.6 cm³/mol. The molecular formula is C8H16N2S. The molecule has 1 aliphatic heterocycles. The van der Waals surface area contributed by atoms with Gasteiger partial charge in [0.05, 0.1) is 11.2 Å². The van der Waals surface area contributed by atoms with Crippen LogP contribution in [-0.2, 0) is 0 Å². The molecule has 11 heavy (non-hydrogen) atoms. The fourth-order valence-corrected chi connectivity index (χ4v) is 1.48. The number of rotatable bonds is 1. The largest absolute Gasteiger partial charge is 0.364 e. The van der Waals surface area contributed by atoms with Gasteiger partial charge in [0.1, 0.15) is 0 Å². The highest BCUT2D eigenvalue weighted by Crippen LogP contribution is 2.07. The highest BCUT2D eigenvalue weighted by atomic mass is 32.1. The maximum atomic E-state index is 5.21. The van der Waals surface area contributed by atoms with E-state index in [4.69, 9.17) is 12.2 Å². The Hall–Kier alpha value is -0.150. The van der Waals surface area contributed by atoms with Crippen LogP contribution in [0.3, 0.4) is 0 Å². The molecule has 2 unspecified atom stereocenters. The van der Waals surface area contributed by atoms with Gasteiger partial charge in [0.25, 0.3) is 0 Å². The second-order valence-electron chi connectivity index (χ2n) is 3.11. The standard InChI is InChI=1S/C8H16N2S/c1-3-7-9-5-4-6(2)8(11)10-7/h6-7,9H,3-5H2,1-2H3,(H,10,11). The molecule has 2 atom stereocenters.